The second kappa shape index (κ2) is 4.61. The van der Waals surface area contributed by atoms with E-state index in [4.69, 9.17) is 5.11 Å². The third-order valence-corrected chi connectivity index (χ3v) is 2.77. The maximum Gasteiger partial charge on any atom is 0.159 e. The first kappa shape index (κ1) is 11.1. The standard InChI is InChI=1S/C12H16N2O2/c1-9(16)10-4-5-13-12(8-10)14(6-7-15)11-2-3-11/h4-5,8,11,15H,2-3,6-7H2,1H3. The summed E-state index contributed by atoms with van der Waals surface area (Å²) in [5.41, 5.74) is 0.675. The second-order valence-electron chi connectivity index (χ2n) is 4.11. The Bertz CT molecular complexity index is 388. The molecule has 0 spiro atoms. The maximum absolute atomic E-state index is 11.3. The Morgan fingerprint density at radius 3 is 2.94 bits per heavy atom. The van der Waals surface area contributed by atoms with Crippen molar-refractivity contribution in [3.63, 3.8) is 0 Å². The van der Waals surface area contributed by atoms with E-state index in [0.29, 0.717) is 18.2 Å². The van der Waals surface area contributed by atoms with Gasteiger partial charge >= 0.3 is 0 Å². The molecule has 4 heteroatoms. The number of ketones is 1. The van der Waals surface area contributed by atoms with Crippen LogP contribution in [0.3, 0.4) is 0 Å². The van der Waals surface area contributed by atoms with Gasteiger partial charge in [-0.1, -0.05) is 0 Å². The zero-order valence-corrected chi connectivity index (χ0v) is 9.39. The molecule has 1 aromatic heterocycles. The fourth-order valence-electron chi connectivity index (χ4n) is 1.77. The summed E-state index contributed by atoms with van der Waals surface area (Å²) in [6.07, 6.45) is 3.94. The molecule has 1 saturated carbocycles. The van der Waals surface area contributed by atoms with Crippen molar-refractivity contribution in [3.8, 4) is 0 Å². The van der Waals surface area contributed by atoms with E-state index in [1.54, 1.807) is 25.3 Å². The number of nitrogens with zero attached hydrogens (tertiary/aromatic N) is 2. The molecule has 0 aromatic carbocycles. The summed E-state index contributed by atoms with van der Waals surface area (Å²) in [6, 6.07) is 4.01. The summed E-state index contributed by atoms with van der Waals surface area (Å²) < 4.78 is 0. The lowest BCUT2D eigenvalue weighted by molar-refractivity contribution is 0.101. The Balaban J connectivity index is 2.22. The van der Waals surface area contributed by atoms with Gasteiger partial charge in [0, 0.05) is 24.3 Å². The molecule has 0 amide bonds. The van der Waals surface area contributed by atoms with Crippen LogP contribution in [0.25, 0.3) is 0 Å². The van der Waals surface area contributed by atoms with Crippen LogP contribution in [0.5, 0.6) is 0 Å². The molecule has 1 N–H and O–H groups in total. The molecule has 0 saturated heterocycles. The van der Waals surface area contributed by atoms with Gasteiger partial charge in [0.1, 0.15) is 5.82 Å². The number of anilines is 1. The van der Waals surface area contributed by atoms with Crippen molar-refractivity contribution in [2.75, 3.05) is 18.1 Å². The van der Waals surface area contributed by atoms with Gasteiger partial charge in [0.2, 0.25) is 0 Å². The first-order valence-corrected chi connectivity index (χ1v) is 5.57. The number of Topliss-reactive ketones (excluding diaryl/α,β-unsaturated/α-hetero) is 1. The van der Waals surface area contributed by atoms with E-state index >= 15 is 0 Å². The Morgan fingerprint density at radius 2 is 2.38 bits per heavy atom. The summed E-state index contributed by atoms with van der Waals surface area (Å²) in [7, 11) is 0. The molecule has 0 atom stereocenters. The molecule has 0 unspecified atom stereocenters. The molecule has 0 radical (unpaired) electrons. The highest BCUT2D eigenvalue weighted by Gasteiger charge is 2.29. The van der Waals surface area contributed by atoms with E-state index in [0.717, 1.165) is 18.7 Å². The average Bonchev–Trinajstić information content (AvgIpc) is 3.10. The lowest BCUT2D eigenvalue weighted by Gasteiger charge is -2.22. The average molecular weight is 220 g/mol. The third-order valence-electron chi connectivity index (χ3n) is 2.77. The Hall–Kier alpha value is -1.42. The highest BCUT2D eigenvalue weighted by atomic mass is 16.3. The summed E-state index contributed by atoms with van der Waals surface area (Å²) in [6.45, 7) is 2.24. The Morgan fingerprint density at radius 1 is 1.62 bits per heavy atom. The van der Waals surface area contributed by atoms with Crippen LogP contribution in [0.15, 0.2) is 18.3 Å². The highest BCUT2D eigenvalue weighted by molar-refractivity contribution is 5.94. The van der Waals surface area contributed by atoms with Crippen LogP contribution in [0.2, 0.25) is 0 Å². The molecule has 4 nitrogen and oxygen atoms in total. The topological polar surface area (TPSA) is 53.4 Å². The lowest BCUT2D eigenvalue weighted by atomic mass is 10.2. The molecule has 1 fully saturated rings. The van der Waals surface area contributed by atoms with Crippen LogP contribution in [0.4, 0.5) is 5.82 Å². The zero-order chi connectivity index (χ0) is 11.5. The van der Waals surface area contributed by atoms with Gasteiger partial charge in [0.15, 0.2) is 5.78 Å². The number of aliphatic hydroxyl groups is 1. The summed E-state index contributed by atoms with van der Waals surface area (Å²) in [5, 5.41) is 9.02. The zero-order valence-electron chi connectivity index (χ0n) is 9.39. The lowest BCUT2D eigenvalue weighted by Crippen LogP contribution is -2.29. The van der Waals surface area contributed by atoms with Crippen molar-refractivity contribution in [2.45, 2.75) is 25.8 Å². The number of hydrogen-bond acceptors (Lipinski definition) is 4. The van der Waals surface area contributed by atoms with Crippen molar-refractivity contribution >= 4 is 11.6 Å². The summed E-state index contributed by atoms with van der Waals surface area (Å²) in [4.78, 5) is 17.6. The van der Waals surface area contributed by atoms with Gasteiger partial charge in [-0.2, -0.15) is 0 Å². The minimum absolute atomic E-state index is 0.0448. The van der Waals surface area contributed by atoms with E-state index in [1.807, 2.05) is 0 Å². The first-order valence-electron chi connectivity index (χ1n) is 5.57. The molecule has 86 valence electrons. The number of pyridine rings is 1. The SMILES string of the molecule is CC(=O)c1ccnc(N(CCO)C2CC2)c1. The number of carbonyl (C=O) groups is 1. The van der Waals surface area contributed by atoms with Gasteiger partial charge in [0.25, 0.3) is 0 Å². The van der Waals surface area contributed by atoms with Crippen LogP contribution in [-0.4, -0.2) is 35.1 Å². The Labute approximate surface area is 94.9 Å². The van der Waals surface area contributed by atoms with Crippen molar-refractivity contribution < 1.29 is 9.90 Å². The van der Waals surface area contributed by atoms with Crippen LogP contribution >= 0.6 is 0 Å². The molecule has 1 aliphatic rings. The fourth-order valence-corrected chi connectivity index (χ4v) is 1.77. The predicted molar refractivity (Wildman–Crippen MR) is 61.7 cm³/mol. The molecule has 16 heavy (non-hydrogen) atoms. The van der Waals surface area contributed by atoms with Crippen molar-refractivity contribution in [1.29, 1.82) is 0 Å². The smallest absolute Gasteiger partial charge is 0.159 e. The van der Waals surface area contributed by atoms with Gasteiger partial charge in [-0.25, -0.2) is 4.98 Å². The molecule has 0 aliphatic heterocycles. The van der Waals surface area contributed by atoms with Crippen LogP contribution in [0.1, 0.15) is 30.1 Å². The van der Waals surface area contributed by atoms with E-state index < -0.39 is 0 Å². The minimum Gasteiger partial charge on any atom is -0.395 e. The molecule has 0 bridgehead atoms. The molecular weight excluding hydrogens is 204 g/mol. The number of aromatic nitrogens is 1. The largest absolute Gasteiger partial charge is 0.395 e. The maximum atomic E-state index is 11.3. The van der Waals surface area contributed by atoms with Crippen LogP contribution < -0.4 is 4.90 Å². The Kier molecular flexibility index (Phi) is 3.19. The first-order chi connectivity index (χ1) is 7.72. The predicted octanol–water partition coefficient (Wildman–Crippen LogP) is 1.25. The van der Waals surface area contributed by atoms with Gasteiger partial charge in [-0.15, -0.1) is 0 Å². The van der Waals surface area contributed by atoms with Gasteiger partial charge in [0.05, 0.1) is 6.61 Å². The normalized spacial score (nSPS) is 14.9. The molecule has 2 rings (SSSR count). The number of hydrogen-bond donors (Lipinski definition) is 1. The van der Waals surface area contributed by atoms with E-state index in [9.17, 15) is 4.79 Å². The highest BCUT2D eigenvalue weighted by Crippen LogP contribution is 2.30. The fraction of sp³-hybridized carbons (Fsp3) is 0.500. The quantitative estimate of drug-likeness (QED) is 0.759. The molecule has 1 aliphatic carbocycles. The number of carbonyl (C=O) groups excluding carboxylic acids is 1. The summed E-state index contributed by atoms with van der Waals surface area (Å²) in [5.74, 6) is 0.840. The summed E-state index contributed by atoms with van der Waals surface area (Å²) >= 11 is 0. The van der Waals surface area contributed by atoms with Crippen LogP contribution in [0, 0.1) is 0 Å². The second-order valence-corrected chi connectivity index (χ2v) is 4.11. The van der Waals surface area contributed by atoms with E-state index in [1.165, 1.54) is 0 Å². The van der Waals surface area contributed by atoms with E-state index in [2.05, 4.69) is 9.88 Å². The molecular formula is C12H16N2O2. The van der Waals surface area contributed by atoms with Crippen molar-refractivity contribution in [2.24, 2.45) is 0 Å². The number of rotatable bonds is 5. The third kappa shape index (κ3) is 2.39. The molecule has 1 aromatic rings. The molecule has 1 heterocycles. The monoisotopic (exact) mass is 220 g/mol. The number of aliphatic hydroxyl groups excluding tert-OH is 1. The van der Waals surface area contributed by atoms with Crippen LogP contribution in [-0.2, 0) is 0 Å². The van der Waals surface area contributed by atoms with Gasteiger partial charge in [-0.05, 0) is 31.9 Å². The van der Waals surface area contributed by atoms with Crippen molar-refractivity contribution in [3.05, 3.63) is 23.9 Å². The van der Waals surface area contributed by atoms with Gasteiger partial charge < -0.3 is 10.0 Å². The van der Waals surface area contributed by atoms with Gasteiger partial charge in [-0.3, -0.25) is 4.79 Å². The minimum atomic E-state index is 0.0448. The van der Waals surface area contributed by atoms with E-state index in [-0.39, 0.29) is 12.4 Å². The van der Waals surface area contributed by atoms with Crippen molar-refractivity contribution in [1.82, 2.24) is 4.98 Å².